The van der Waals surface area contributed by atoms with Crippen LogP contribution in [0.3, 0.4) is 0 Å². The lowest BCUT2D eigenvalue weighted by Gasteiger charge is -2.10. The molecule has 0 saturated heterocycles. The number of ether oxygens (including phenoxy) is 2. The van der Waals surface area contributed by atoms with Crippen molar-refractivity contribution in [1.82, 2.24) is 9.55 Å². The summed E-state index contributed by atoms with van der Waals surface area (Å²) in [5.74, 6) is -0.0276. The first-order chi connectivity index (χ1) is 15.4. The van der Waals surface area contributed by atoms with Gasteiger partial charge in [-0.15, -0.1) is 23.1 Å². The smallest absolute Gasteiger partial charge is 0.339 e. The van der Waals surface area contributed by atoms with E-state index >= 15 is 0 Å². The molecule has 0 aliphatic carbocycles. The van der Waals surface area contributed by atoms with Gasteiger partial charge in [0.2, 0.25) is 5.78 Å². The number of benzene rings is 1. The number of esters is 1. The topological polar surface area (TPSA) is 70.4 Å². The maximum atomic E-state index is 12.8. The molecule has 0 atom stereocenters. The van der Waals surface area contributed by atoms with E-state index < -0.39 is 5.97 Å². The number of hydrogen-bond donors (Lipinski definition) is 0. The zero-order valence-electron chi connectivity index (χ0n) is 18.8. The van der Waals surface area contributed by atoms with E-state index in [0.29, 0.717) is 23.5 Å². The third-order valence-electron chi connectivity index (χ3n) is 5.09. The Hall–Kier alpha value is -2.42. The van der Waals surface area contributed by atoms with Crippen LogP contribution < -0.4 is 0 Å². The largest absolute Gasteiger partial charge is 0.454 e. The minimum absolute atomic E-state index is 0.201. The second kappa shape index (κ2) is 11.4. The molecule has 6 nitrogen and oxygen atoms in total. The summed E-state index contributed by atoms with van der Waals surface area (Å²) in [5, 5.41) is 3.04. The number of ketones is 1. The number of aryl methyl sites for hydroxylation is 2. The summed E-state index contributed by atoms with van der Waals surface area (Å²) in [7, 11) is 1.68. The lowest BCUT2D eigenvalue weighted by Crippen LogP contribution is -2.15. The number of hydrogen-bond acceptors (Lipinski definition) is 7. The number of rotatable bonds is 11. The van der Waals surface area contributed by atoms with Gasteiger partial charge >= 0.3 is 5.97 Å². The van der Waals surface area contributed by atoms with Gasteiger partial charge in [0.25, 0.3) is 0 Å². The predicted molar refractivity (Wildman–Crippen MR) is 128 cm³/mol. The van der Waals surface area contributed by atoms with E-state index in [4.69, 9.17) is 9.47 Å². The highest BCUT2D eigenvalue weighted by molar-refractivity contribution is 7.98. The molecule has 1 aromatic carbocycles. The van der Waals surface area contributed by atoms with Crippen LogP contribution in [0.5, 0.6) is 0 Å². The molecule has 32 heavy (non-hydrogen) atoms. The minimum Gasteiger partial charge on any atom is -0.454 e. The van der Waals surface area contributed by atoms with Gasteiger partial charge in [-0.05, 0) is 45.4 Å². The van der Waals surface area contributed by atoms with Crippen molar-refractivity contribution in [1.29, 1.82) is 0 Å². The third kappa shape index (κ3) is 6.09. The summed E-state index contributed by atoms with van der Waals surface area (Å²) < 4.78 is 12.6. The van der Waals surface area contributed by atoms with Crippen molar-refractivity contribution in [2.45, 2.75) is 44.4 Å². The fraction of sp³-hybridized carbons (Fsp3) is 0.375. The number of thioether (sulfide) groups is 1. The van der Waals surface area contributed by atoms with Gasteiger partial charge in [-0.3, -0.25) is 4.79 Å². The van der Waals surface area contributed by atoms with E-state index in [1.54, 1.807) is 30.6 Å². The van der Waals surface area contributed by atoms with Gasteiger partial charge < -0.3 is 14.0 Å². The van der Waals surface area contributed by atoms with Crippen molar-refractivity contribution in [3.8, 4) is 0 Å². The molecule has 0 bridgehead atoms. The van der Waals surface area contributed by atoms with Gasteiger partial charge in [-0.1, -0.05) is 12.1 Å². The first kappa shape index (κ1) is 24.2. The molecule has 0 N–H and O–H groups in total. The summed E-state index contributed by atoms with van der Waals surface area (Å²) in [5.41, 5.74) is 3.93. The van der Waals surface area contributed by atoms with Crippen molar-refractivity contribution >= 4 is 34.9 Å². The molecule has 2 heterocycles. The van der Waals surface area contributed by atoms with Gasteiger partial charge in [-0.25, -0.2) is 9.78 Å². The van der Waals surface area contributed by atoms with E-state index in [1.165, 1.54) is 11.8 Å². The monoisotopic (exact) mass is 472 g/mol. The van der Waals surface area contributed by atoms with Crippen LogP contribution in [0.1, 0.15) is 49.2 Å². The van der Waals surface area contributed by atoms with Crippen LogP contribution >= 0.6 is 23.1 Å². The normalized spacial score (nSPS) is 11.0. The van der Waals surface area contributed by atoms with Gasteiger partial charge in [0.05, 0.1) is 16.3 Å². The Morgan fingerprint density at radius 2 is 1.94 bits per heavy atom. The number of Topliss-reactive ketones (excluding diaryl/α,β-unsaturated/α-hetero) is 1. The number of thiazole rings is 1. The molecule has 0 fully saturated rings. The van der Waals surface area contributed by atoms with E-state index in [0.717, 1.165) is 40.0 Å². The van der Waals surface area contributed by atoms with Crippen molar-refractivity contribution in [2.24, 2.45) is 0 Å². The van der Waals surface area contributed by atoms with Gasteiger partial charge in [0.1, 0.15) is 0 Å². The summed E-state index contributed by atoms with van der Waals surface area (Å²) >= 11 is 3.14. The van der Waals surface area contributed by atoms with E-state index in [1.807, 2.05) is 44.4 Å². The van der Waals surface area contributed by atoms with E-state index in [9.17, 15) is 9.59 Å². The SMILES string of the molecule is COCCCn1c(C)cc(C(=O)COC(=O)c2ccccc2SCc2csc(C)n2)c1C. The van der Waals surface area contributed by atoms with Crippen molar-refractivity contribution < 1.29 is 19.1 Å². The van der Waals surface area contributed by atoms with Crippen LogP contribution in [0, 0.1) is 20.8 Å². The zero-order chi connectivity index (χ0) is 23.1. The molecule has 2 aromatic heterocycles. The number of carbonyl (C=O) groups excluding carboxylic acids is 2. The Bertz CT molecular complexity index is 1090. The number of carbonyl (C=O) groups is 2. The molecule has 0 aliphatic rings. The molecule has 0 saturated carbocycles. The summed E-state index contributed by atoms with van der Waals surface area (Å²) in [6.45, 7) is 7.02. The van der Waals surface area contributed by atoms with Gasteiger partial charge in [0, 0.05) is 53.2 Å². The van der Waals surface area contributed by atoms with Crippen LogP contribution in [-0.4, -0.2) is 41.6 Å². The summed E-state index contributed by atoms with van der Waals surface area (Å²) in [6, 6.07) is 9.15. The van der Waals surface area contributed by atoms with Crippen molar-refractivity contribution in [3.05, 3.63) is 68.9 Å². The van der Waals surface area contributed by atoms with Gasteiger partial charge in [-0.2, -0.15) is 0 Å². The molecule has 3 aromatic rings. The fourth-order valence-corrected chi connectivity index (χ4v) is 5.12. The predicted octanol–water partition coefficient (Wildman–Crippen LogP) is 5.24. The highest BCUT2D eigenvalue weighted by Crippen LogP contribution is 2.27. The first-order valence-electron chi connectivity index (χ1n) is 10.4. The highest BCUT2D eigenvalue weighted by Gasteiger charge is 2.19. The first-order valence-corrected chi connectivity index (χ1v) is 12.3. The molecular weight excluding hydrogens is 444 g/mol. The second-order valence-electron chi connectivity index (χ2n) is 7.42. The molecule has 8 heteroatoms. The fourth-order valence-electron chi connectivity index (χ4n) is 3.47. The average Bonchev–Trinajstić information content (AvgIpc) is 3.33. The Morgan fingerprint density at radius 3 is 2.66 bits per heavy atom. The number of aromatic nitrogens is 2. The minimum atomic E-state index is -0.496. The molecule has 0 spiro atoms. The quantitative estimate of drug-likeness (QED) is 0.165. The van der Waals surface area contributed by atoms with Crippen LogP contribution in [0.25, 0.3) is 0 Å². The molecule has 170 valence electrons. The van der Waals surface area contributed by atoms with E-state index in [2.05, 4.69) is 9.55 Å². The number of methoxy groups -OCH3 is 1. The molecule has 0 amide bonds. The van der Waals surface area contributed by atoms with Crippen molar-refractivity contribution in [3.63, 3.8) is 0 Å². The summed E-state index contributed by atoms with van der Waals surface area (Å²) in [4.78, 5) is 30.8. The number of nitrogens with zero attached hydrogens (tertiary/aromatic N) is 2. The molecular formula is C24H28N2O4S2. The Labute approximate surface area is 197 Å². The van der Waals surface area contributed by atoms with Crippen molar-refractivity contribution in [2.75, 3.05) is 20.3 Å². The maximum Gasteiger partial charge on any atom is 0.339 e. The lowest BCUT2D eigenvalue weighted by atomic mass is 10.1. The zero-order valence-corrected chi connectivity index (χ0v) is 20.5. The average molecular weight is 473 g/mol. The highest BCUT2D eigenvalue weighted by atomic mass is 32.2. The Morgan fingerprint density at radius 1 is 1.16 bits per heavy atom. The van der Waals surface area contributed by atoms with Crippen LogP contribution in [0.2, 0.25) is 0 Å². The Kier molecular flexibility index (Phi) is 8.67. The standard InChI is InChI=1S/C24H28N2O4S2/c1-16-12-21(17(2)26(16)10-7-11-29-4)22(27)13-30-24(28)20-8-5-6-9-23(20)32-15-19-14-31-18(3)25-19/h5-6,8-9,12,14H,7,10-11,13,15H2,1-4H3. The molecule has 0 aliphatic heterocycles. The van der Waals surface area contributed by atoms with Crippen LogP contribution in [0.4, 0.5) is 0 Å². The van der Waals surface area contributed by atoms with Crippen LogP contribution in [0.15, 0.2) is 40.6 Å². The Balaban J connectivity index is 1.62. The second-order valence-corrected chi connectivity index (χ2v) is 9.50. The van der Waals surface area contributed by atoms with Crippen LogP contribution in [-0.2, 0) is 21.8 Å². The molecule has 3 rings (SSSR count). The van der Waals surface area contributed by atoms with E-state index in [-0.39, 0.29) is 12.4 Å². The lowest BCUT2D eigenvalue weighted by molar-refractivity contribution is 0.0471. The molecule has 0 radical (unpaired) electrons. The third-order valence-corrected chi connectivity index (χ3v) is 7.02. The maximum absolute atomic E-state index is 12.8. The summed E-state index contributed by atoms with van der Waals surface area (Å²) in [6.07, 6.45) is 0.865. The van der Waals surface area contributed by atoms with Gasteiger partial charge in [0.15, 0.2) is 6.61 Å². The molecule has 0 unspecified atom stereocenters.